The van der Waals surface area contributed by atoms with E-state index < -0.39 is 11.9 Å². The second-order valence-corrected chi connectivity index (χ2v) is 3.80. The molecule has 0 fully saturated rings. The van der Waals surface area contributed by atoms with E-state index in [9.17, 15) is 9.59 Å². The lowest BCUT2D eigenvalue weighted by Gasteiger charge is -2.10. The zero-order valence-electron chi connectivity index (χ0n) is 8.19. The van der Waals surface area contributed by atoms with Crippen LogP contribution >= 0.6 is 11.8 Å². The Hall–Kier alpha value is -1.34. The highest BCUT2D eigenvalue weighted by atomic mass is 32.2. The van der Waals surface area contributed by atoms with Crippen LogP contribution in [-0.2, 0) is 4.79 Å². The Kier molecular flexibility index (Phi) is 4.32. The summed E-state index contributed by atoms with van der Waals surface area (Å²) in [4.78, 5) is 28.3. The predicted octanol–water partition coefficient (Wildman–Crippen LogP) is -1.06. The molecule has 1 aromatic heterocycles. The van der Waals surface area contributed by atoms with E-state index in [4.69, 9.17) is 5.73 Å². The first-order valence-corrected chi connectivity index (χ1v) is 5.26. The van der Waals surface area contributed by atoms with Gasteiger partial charge in [0.05, 0.1) is 6.04 Å². The third-order valence-corrected chi connectivity index (χ3v) is 2.71. The minimum atomic E-state index is -0.430. The van der Waals surface area contributed by atoms with Crippen LogP contribution in [0, 0.1) is 0 Å². The van der Waals surface area contributed by atoms with Crippen molar-refractivity contribution in [3.05, 3.63) is 22.6 Å². The van der Waals surface area contributed by atoms with Gasteiger partial charge in [0.1, 0.15) is 0 Å². The van der Waals surface area contributed by atoms with Gasteiger partial charge in [0.2, 0.25) is 5.91 Å². The normalized spacial score (nSPS) is 12.3. The molecule has 1 unspecified atom stereocenters. The first-order chi connectivity index (χ1) is 7.13. The number of nitrogens with zero attached hydrogens (tertiary/aromatic N) is 1. The number of nitrogens with one attached hydrogen (secondary N) is 2. The summed E-state index contributed by atoms with van der Waals surface area (Å²) < 4.78 is 0. The van der Waals surface area contributed by atoms with Gasteiger partial charge in [0.25, 0.3) is 5.56 Å². The number of aromatic nitrogens is 2. The molecule has 0 aromatic carbocycles. The third kappa shape index (κ3) is 3.72. The number of thioether (sulfide) groups is 1. The zero-order valence-corrected chi connectivity index (χ0v) is 9.00. The maximum absolute atomic E-state index is 10.9. The van der Waals surface area contributed by atoms with E-state index in [2.05, 4.69) is 15.3 Å². The Balaban J connectivity index is 2.56. The molecule has 1 heterocycles. The van der Waals surface area contributed by atoms with Crippen LogP contribution < -0.4 is 16.6 Å². The Bertz CT molecular complexity index is 392. The number of primary amides is 1. The van der Waals surface area contributed by atoms with Gasteiger partial charge in [-0.1, -0.05) is 11.8 Å². The number of nitrogens with two attached hydrogens (primary N) is 1. The summed E-state index contributed by atoms with van der Waals surface area (Å²) in [7, 11) is 1.65. The topological polar surface area (TPSA) is 101 Å². The number of rotatable bonds is 5. The van der Waals surface area contributed by atoms with Crippen molar-refractivity contribution >= 4 is 17.7 Å². The van der Waals surface area contributed by atoms with Crippen LogP contribution in [0.5, 0.6) is 0 Å². The van der Waals surface area contributed by atoms with Crippen LogP contribution in [0.2, 0.25) is 0 Å². The molecule has 0 radical (unpaired) electrons. The lowest BCUT2D eigenvalue weighted by molar-refractivity contribution is -0.119. The molecule has 1 rings (SSSR count). The zero-order chi connectivity index (χ0) is 11.3. The largest absolute Gasteiger partial charge is 0.368 e. The van der Waals surface area contributed by atoms with E-state index in [0.717, 1.165) is 0 Å². The molecule has 0 aliphatic rings. The maximum Gasteiger partial charge on any atom is 0.251 e. The minimum absolute atomic E-state index is 0.215. The monoisotopic (exact) mass is 228 g/mol. The van der Waals surface area contributed by atoms with Crippen molar-refractivity contribution in [2.24, 2.45) is 5.73 Å². The van der Waals surface area contributed by atoms with Gasteiger partial charge in [-0.05, 0) is 7.05 Å². The maximum atomic E-state index is 10.9. The van der Waals surface area contributed by atoms with E-state index in [0.29, 0.717) is 10.9 Å². The highest BCUT2D eigenvalue weighted by Crippen LogP contribution is 2.10. The molecule has 0 saturated heterocycles. The molecule has 7 heteroatoms. The summed E-state index contributed by atoms with van der Waals surface area (Å²) in [5.74, 6) is 0.00183. The lowest BCUT2D eigenvalue weighted by atomic mass is 10.3. The van der Waals surface area contributed by atoms with E-state index in [-0.39, 0.29) is 5.56 Å². The molecule has 0 aliphatic heterocycles. The van der Waals surface area contributed by atoms with E-state index >= 15 is 0 Å². The minimum Gasteiger partial charge on any atom is -0.368 e. The second kappa shape index (κ2) is 5.52. The fourth-order valence-corrected chi connectivity index (χ4v) is 1.86. The van der Waals surface area contributed by atoms with Crippen LogP contribution in [-0.4, -0.2) is 34.7 Å². The standard InChI is InChI=1S/C8H12N4O2S/c1-10-5(7(9)14)4-15-8-11-3-2-6(13)12-8/h2-3,5,10H,4H2,1H3,(H2,9,14)(H,11,12,13). The summed E-state index contributed by atoms with van der Waals surface area (Å²) in [6.07, 6.45) is 1.42. The second-order valence-electron chi connectivity index (χ2n) is 2.79. The Morgan fingerprint density at radius 2 is 2.53 bits per heavy atom. The summed E-state index contributed by atoms with van der Waals surface area (Å²) in [5.41, 5.74) is 4.92. The van der Waals surface area contributed by atoms with E-state index in [1.807, 2.05) is 0 Å². The van der Waals surface area contributed by atoms with Gasteiger partial charge in [0.15, 0.2) is 5.16 Å². The molecule has 1 atom stereocenters. The molecule has 1 amide bonds. The average Bonchev–Trinajstić information content (AvgIpc) is 2.18. The van der Waals surface area contributed by atoms with Gasteiger partial charge in [-0.2, -0.15) is 0 Å². The van der Waals surface area contributed by atoms with Crippen molar-refractivity contribution in [1.29, 1.82) is 0 Å². The lowest BCUT2D eigenvalue weighted by Crippen LogP contribution is -2.41. The van der Waals surface area contributed by atoms with Crippen molar-refractivity contribution < 1.29 is 4.79 Å². The van der Waals surface area contributed by atoms with Crippen molar-refractivity contribution in [3.8, 4) is 0 Å². The summed E-state index contributed by atoms with van der Waals surface area (Å²) in [5, 5.41) is 3.25. The third-order valence-electron chi connectivity index (χ3n) is 1.73. The molecular weight excluding hydrogens is 216 g/mol. The smallest absolute Gasteiger partial charge is 0.251 e. The molecular formula is C8H12N4O2S. The van der Waals surface area contributed by atoms with Crippen molar-refractivity contribution in [2.45, 2.75) is 11.2 Å². The van der Waals surface area contributed by atoms with Crippen LogP contribution in [0.15, 0.2) is 22.2 Å². The fourth-order valence-electron chi connectivity index (χ4n) is 0.895. The van der Waals surface area contributed by atoms with Crippen LogP contribution in [0.3, 0.4) is 0 Å². The number of hydrogen-bond acceptors (Lipinski definition) is 5. The number of aromatic amines is 1. The van der Waals surface area contributed by atoms with E-state index in [1.165, 1.54) is 24.0 Å². The Morgan fingerprint density at radius 3 is 3.07 bits per heavy atom. The molecule has 1 aromatic rings. The SMILES string of the molecule is CNC(CSc1nccc(=O)[nH]1)C(N)=O. The summed E-state index contributed by atoms with van der Waals surface area (Å²) in [6, 6.07) is 0.897. The highest BCUT2D eigenvalue weighted by Gasteiger charge is 2.13. The number of carbonyl (C=O) groups is 1. The fraction of sp³-hybridized carbons (Fsp3) is 0.375. The highest BCUT2D eigenvalue weighted by molar-refractivity contribution is 7.99. The number of amides is 1. The molecule has 6 nitrogen and oxygen atoms in total. The first kappa shape index (κ1) is 11.7. The van der Waals surface area contributed by atoms with Crippen LogP contribution in [0.25, 0.3) is 0 Å². The van der Waals surface area contributed by atoms with Gasteiger partial charge in [-0.25, -0.2) is 4.98 Å². The van der Waals surface area contributed by atoms with Gasteiger partial charge in [0, 0.05) is 18.0 Å². The average molecular weight is 228 g/mol. The van der Waals surface area contributed by atoms with E-state index in [1.54, 1.807) is 7.05 Å². The summed E-state index contributed by atoms with van der Waals surface area (Å²) in [6.45, 7) is 0. The van der Waals surface area contributed by atoms with Gasteiger partial charge in [-0.15, -0.1) is 0 Å². The van der Waals surface area contributed by atoms with Crippen LogP contribution in [0.1, 0.15) is 0 Å². The van der Waals surface area contributed by atoms with Crippen molar-refractivity contribution in [1.82, 2.24) is 15.3 Å². The molecule has 82 valence electrons. The Labute approximate surface area is 90.7 Å². The number of H-pyrrole nitrogens is 1. The summed E-state index contributed by atoms with van der Waals surface area (Å²) >= 11 is 1.27. The number of carbonyl (C=O) groups excluding carboxylic acids is 1. The molecule has 0 aliphatic carbocycles. The molecule has 15 heavy (non-hydrogen) atoms. The molecule has 4 N–H and O–H groups in total. The van der Waals surface area contributed by atoms with Gasteiger partial charge < -0.3 is 16.0 Å². The molecule has 0 saturated carbocycles. The first-order valence-electron chi connectivity index (χ1n) is 4.28. The van der Waals surface area contributed by atoms with Crippen LogP contribution in [0.4, 0.5) is 0 Å². The van der Waals surface area contributed by atoms with Gasteiger partial charge in [-0.3, -0.25) is 9.59 Å². The number of likely N-dealkylation sites (N-methyl/N-ethyl adjacent to an activating group) is 1. The quantitative estimate of drug-likeness (QED) is 0.440. The Morgan fingerprint density at radius 1 is 1.80 bits per heavy atom. The predicted molar refractivity (Wildman–Crippen MR) is 57.6 cm³/mol. The molecule has 0 spiro atoms. The van der Waals surface area contributed by atoms with Crippen molar-refractivity contribution in [2.75, 3.05) is 12.8 Å². The molecule has 0 bridgehead atoms. The van der Waals surface area contributed by atoms with Crippen molar-refractivity contribution in [3.63, 3.8) is 0 Å². The van der Waals surface area contributed by atoms with Gasteiger partial charge >= 0.3 is 0 Å². The number of hydrogen-bond donors (Lipinski definition) is 3.